The third kappa shape index (κ3) is 2.16. The summed E-state index contributed by atoms with van der Waals surface area (Å²) in [4.78, 5) is 2.29. The van der Waals surface area contributed by atoms with E-state index in [1.165, 1.54) is 12.8 Å². The molecular weight excluding hydrogens is 400 g/mol. The van der Waals surface area contributed by atoms with E-state index in [9.17, 15) is 10.4 Å². The monoisotopic (exact) mass is 426 g/mol. The second kappa shape index (κ2) is 5.49. The molecule has 2 aliphatic heterocycles. The molecule has 3 saturated carbocycles. The van der Waals surface area contributed by atoms with E-state index in [-0.39, 0.29) is 16.2 Å². The van der Waals surface area contributed by atoms with Gasteiger partial charge >= 0.3 is 0 Å². The average Bonchev–Trinajstić information content (AvgIpc) is 3.44. The van der Waals surface area contributed by atoms with E-state index in [0.29, 0.717) is 6.04 Å². The Morgan fingerprint density at radius 1 is 1.19 bits per heavy atom. The lowest BCUT2D eigenvalue weighted by Crippen LogP contribution is -2.50. The molecule has 0 amide bonds. The summed E-state index contributed by atoms with van der Waals surface area (Å²) in [5, 5.41) is 35.0. The number of nitriles is 1. The molecule has 0 unspecified atom stereocenters. The Balaban J connectivity index is 1.26. The zero-order valence-electron chi connectivity index (χ0n) is 18.4. The molecule has 1 atom stereocenters. The van der Waals surface area contributed by atoms with E-state index in [2.05, 4.69) is 44.5 Å². The molecule has 1 N–H and O–H groups in total. The Labute approximate surface area is 186 Å². The predicted molar refractivity (Wildman–Crippen MR) is 119 cm³/mol. The van der Waals surface area contributed by atoms with Crippen molar-refractivity contribution >= 4 is 16.7 Å². The van der Waals surface area contributed by atoms with Gasteiger partial charge in [-0.15, -0.1) is 5.10 Å². The predicted octanol–water partition coefficient (Wildman–Crippen LogP) is 3.50. The van der Waals surface area contributed by atoms with Gasteiger partial charge in [-0.05, 0) is 63.0 Å². The Morgan fingerprint density at radius 2 is 2.00 bits per heavy atom. The Kier molecular flexibility index (Phi) is 3.19. The summed E-state index contributed by atoms with van der Waals surface area (Å²) in [6.07, 6.45) is 8.92. The fourth-order valence-electron chi connectivity index (χ4n) is 6.55. The minimum atomic E-state index is -0.698. The lowest BCUT2D eigenvalue weighted by Gasteiger charge is -2.45. The number of benzene rings is 1. The van der Waals surface area contributed by atoms with E-state index in [1.54, 1.807) is 6.20 Å². The van der Waals surface area contributed by atoms with E-state index in [0.717, 1.165) is 53.8 Å². The van der Waals surface area contributed by atoms with Crippen molar-refractivity contribution in [2.75, 3.05) is 11.4 Å². The first-order chi connectivity index (χ1) is 15.3. The molecule has 2 saturated heterocycles. The van der Waals surface area contributed by atoms with Gasteiger partial charge in [0.05, 0.1) is 40.7 Å². The molecule has 32 heavy (non-hydrogen) atoms. The highest BCUT2D eigenvalue weighted by Gasteiger charge is 2.75. The van der Waals surface area contributed by atoms with Crippen molar-refractivity contribution in [1.29, 1.82) is 5.26 Å². The lowest BCUT2D eigenvalue weighted by atomic mass is 9.61. The van der Waals surface area contributed by atoms with Crippen LogP contribution in [0.1, 0.15) is 51.5 Å². The summed E-state index contributed by atoms with van der Waals surface area (Å²) in [7, 11) is 0. The summed E-state index contributed by atoms with van der Waals surface area (Å²) in [6.45, 7) is 4.64. The lowest BCUT2D eigenvalue weighted by molar-refractivity contribution is -0.0754. The molecule has 0 radical (unpaired) electrons. The fraction of sp³-hybridized carbons (Fsp3) is 0.520. The van der Waals surface area contributed by atoms with Gasteiger partial charge in [0.25, 0.3) is 0 Å². The summed E-state index contributed by atoms with van der Waals surface area (Å²) in [6, 6.07) is 11.4. The molecule has 7 heteroatoms. The number of hydrogen-bond donors (Lipinski definition) is 1. The highest BCUT2D eigenvalue weighted by Crippen LogP contribution is 2.78. The normalized spacial score (nSPS) is 31.6. The van der Waals surface area contributed by atoms with Gasteiger partial charge in [-0.2, -0.15) is 15.5 Å². The zero-order chi connectivity index (χ0) is 21.9. The summed E-state index contributed by atoms with van der Waals surface area (Å²) in [5.74, 6) is 0.837. The largest absolute Gasteiger partial charge is 0.390 e. The molecule has 5 fully saturated rings. The molecule has 3 aliphatic carbocycles. The molecular formula is C25H26N6O. The van der Waals surface area contributed by atoms with Crippen LogP contribution in [0.2, 0.25) is 0 Å². The Hall–Kier alpha value is -2.98. The molecule has 2 bridgehead atoms. The number of aromatic nitrogens is 4. The van der Waals surface area contributed by atoms with Gasteiger partial charge in [-0.25, -0.2) is 4.68 Å². The molecule has 5 aliphatic rings. The highest BCUT2D eigenvalue weighted by atomic mass is 16.3. The van der Waals surface area contributed by atoms with Crippen molar-refractivity contribution < 1.29 is 5.11 Å². The third-order valence-electron chi connectivity index (χ3n) is 9.12. The molecule has 162 valence electrons. The van der Waals surface area contributed by atoms with Crippen LogP contribution in [0.4, 0.5) is 5.82 Å². The standard InChI is InChI=1S/C25H26N6O/c1-22(2,32)24-9-19(10-24)30(15-24)21-8-18(12-27-29-21)31-20-7-17(4-3-16(20)11-28-31)25(14-26)13-23(25)5-6-23/h3-4,7-8,11-12,19,32H,5-6,9-10,13,15H2,1-2H3/t19?,24?,25-/m0/s1. The van der Waals surface area contributed by atoms with E-state index in [4.69, 9.17) is 0 Å². The van der Waals surface area contributed by atoms with Gasteiger partial charge in [0.1, 0.15) is 0 Å². The quantitative estimate of drug-likeness (QED) is 0.687. The first-order valence-corrected chi connectivity index (χ1v) is 11.5. The molecule has 7 nitrogen and oxygen atoms in total. The fourth-order valence-corrected chi connectivity index (χ4v) is 6.55. The number of rotatable bonds is 4. The smallest absolute Gasteiger partial charge is 0.153 e. The number of nitrogens with zero attached hydrogens (tertiary/aromatic N) is 6. The molecule has 4 heterocycles. The Bertz CT molecular complexity index is 1320. The van der Waals surface area contributed by atoms with E-state index < -0.39 is 5.60 Å². The van der Waals surface area contributed by atoms with Gasteiger partial charge in [0.2, 0.25) is 0 Å². The maximum absolute atomic E-state index is 10.7. The molecule has 1 spiro atoms. The van der Waals surface area contributed by atoms with Crippen LogP contribution in [-0.2, 0) is 5.41 Å². The second-order valence-electron chi connectivity index (χ2n) is 11.1. The van der Waals surface area contributed by atoms with Crippen LogP contribution in [0.3, 0.4) is 0 Å². The van der Waals surface area contributed by atoms with E-state index in [1.807, 2.05) is 30.8 Å². The summed E-state index contributed by atoms with van der Waals surface area (Å²) in [5.41, 5.74) is 2.14. The minimum absolute atomic E-state index is 0.0582. The number of hydrogen-bond acceptors (Lipinski definition) is 6. The minimum Gasteiger partial charge on any atom is -0.390 e. The molecule has 3 aromatic rings. The Morgan fingerprint density at radius 3 is 2.66 bits per heavy atom. The van der Waals surface area contributed by atoms with Gasteiger partial charge in [0, 0.05) is 29.5 Å². The van der Waals surface area contributed by atoms with Crippen molar-refractivity contribution in [2.45, 2.75) is 63.0 Å². The summed E-state index contributed by atoms with van der Waals surface area (Å²) >= 11 is 0. The first-order valence-electron chi connectivity index (χ1n) is 11.5. The molecule has 2 aromatic heterocycles. The van der Waals surface area contributed by atoms with Crippen LogP contribution in [-0.4, -0.2) is 43.3 Å². The third-order valence-corrected chi connectivity index (χ3v) is 9.12. The van der Waals surface area contributed by atoms with Gasteiger partial charge in [-0.3, -0.25) is 0 Å². The highest BCUT2D eigenvalue weighted by molar-refractivity contribution is 5.82. The van der Waals surface area contributed by atoms with Crippen LogP contribution >= 0.6 is 0 Å². The van der Waals surface area contributed by atoms with Crippen LogP contribution in [0.15, 0.2) is 36.7 Å². The number of aliphatic hydroxyl groups is 1. The second-order valence-corrected chi connectivity index (χ2v) is 11.1. The van der Waals surface area contributed by atoms with Crippen LogP contribution in [0.5, 0.6) is 0 Å². The molecule has 1 aromatic carbocycles. The topological polar surface area (TPSA) is 90.9 Å². The van der Waals surface area contributed by atoms with Crippen LogP contribution in [0, 0.1) is 22.2 Å². The maximum atomic E-state index is 10.7. The van der Waals surface area contributed by atoms with Crippen molar-refractivity contribution in [1.82, 2.24) is 20.0 Å². The number of anilines is 1. The van der Waals surface area contributed by atoms with Crippen molar-refractivity contribution in [3.05, 3.63) is 42.2 Å². The molecule has 8 rings (SSSR count). The van der Waals surface area contributed by atoms with Crippen LogP contribution in [0.25, 0.3) is 16.6 Å². The number of fused-ring (bicyclic) bond motifs is 2. The van der Waals surface area contributed by atoms with Crippen molar-refractivity contribution in [3.63, 3.8) is 0 Å². The van der Waals surface area contributed by atoms with Crippen molar-refractivity contribution in [2.24, 2.45) is 10.8 Å². The van der Waals surface area contributed by atoms with E-state index >= 15 is 0 Å². The van der Waals surface area contributed by atoms with Gasteiger partial charge in [0.15, 0.2) is 5.82 Å². The van der Waals surface area contributed by atoms with Gasteiger partial charge in [-0.1, -0.05) is 12.1 Å². The van der Waals surface area contributed by atoms with Crippen LogP contribution < -0.4 is 4.90 Å². The summed E-state index contributed by atoms with van der Waals surface area (Å²) < 4.78 is 1.91. The van der Waals surface area contributed by atoms with Gasteiger partial charge < -0.3 is 10.0 Å². The average molecular weight is 427 g/mol. The first kappa shape index (κ1) is 18.6. The maximum Gasteiger partial charge on any atom is 0.153 e. The zero-order valence-corrected chi connectivity index (χ0v) is 18.4. The SMILES string of the molecule is CC(C)(O)C12CC(C1)N(c1cc(-n3ncc4ccc([C@@]5(C#N)CC56CC6)cc43)cnn1)C2. The van der Waals surface area contributed by atoms with Crippen molar-refractivity contribution in [3.8, 4) is 11.8 Å².